The zero-order valence-electron chi connectivity index (χ0n) is 18.5. The van der Waals surface area contributed by atoms with E-state index in [4.69, 9.17) is 9.47 Å². The molecule has 0 saturated carbocycles. The molecule has 3 aromatic carbocycles. The van der Waals surface area contributed by atoms with E-state index in [9.17, 15) is 14.0 Å². The third kappa shape index (κ3) is 4.30. The van der Waals surface area contributed by atoms with Crippen molar-refractivity contribution in [3.8, 4) is 11.5 Å². The molecular weight excluding hydrogens is 423 g/mol. The number of benzene rings is 3. The lowest BCUT2D eigenvalue weighted by atomic mass is 10.0. The second-order valence-electron chi connectivity index (χ2n) is 7.59. The monoisotopic (exact) mass is 446 g/mol. The molecule has 3 aromatic rings. The smallest absolute Gasteiger partial charge is 0.278 e. The summed E-state index contributed by atoms with van der Waals surface area (Å²) in [5.74, 6) is -0.310. The summed E-state index contributed by atoms with van der Waals surface area (Å²) >= 11 is 0. The molecule has 4 rings (SSSR count). The Bertz CT molecular complexity index is 1250. The zero-order chi connectivity index (χ0) is 23.5. The van der Waals surface area contributed by atoms with Gasteiger partial charge in [0.1, 0.15) is 23.0 Å². The third-order valence-electron chi connectivity index (χ3n) is 5.44. The van der Waals surface area contributed by atoms with Gasteiger partial charge in [0.2, 0.25) is 0 Å². The molecule has 1 aliphatic heterocycles. The maximum atomic E-state index is 13.6. The van der Waals surface area contributed by atoms with Crippen LogP contribution in [0, 0.1) is 12.7 Å². The number of hydrogen-bond acceptors (Lipinski definition) is 5. The molecule has 6 nitrogen and oxygen atoms in total. The van der Waals surface area contributed by atoms with E-state index in [0.29, 0.717) is 28.3 Å². The summed E-state index contributed by atoms with van der Waals surface area (Å²) in [5.41, 5.74) is 2.89. The first-order valence-corrected chi connectivity index (χ1v) is 10.3. The number of nitrogens with zero attached hydrogens (tertiary/aromatic N) is 1. The van der Waals surface area contributed by atoms with E-state index in [1.165, 1.54) is 38.5 Å². The van der Waals surface area contributed by atoms with Gasteiger partial charge in [-0.3, -0.25) is 14.5 Å². The van der Waals surface area contributed by atoms with Crippen molar-refractivity contribution in [1.29, 1.82) is 0 Å². The number of methoxy groups -OCH3 is 2. The molecule has 7 heteroatoms. The van der Waals surface area contributed by atoms with Gasteiger partial charge in [-0.05, 0) is 48.4 Å². The molecule has 0 spiro atoms. The summed E-state index contributed by atoms with van der Waals surface area (Å²) in [6.07, 6.45) is 0. The normalized spacial score (nSPS) is 13.5. The van der Waals surface area contributed by atoms with Gasteiger partial charge in [0, 0.05) is 5.56 Å². The van der Waals surface area contributed by atoms with Gasteiger partial charge in [-0.15, -0.1) is 0 Å². The maximum Gasteiger partial charge on any atom is 0.278 e. The fourth-order valence-electron chi connectivity index (χ4n) is 3.78. The van der Waals surface area contributed by atoms with Crippen LogP contribution in [-0.2, 0) is 16.1 Å². The molecule has 2 amide bonds. The van der Waals surface area contributed by atoms with E-state index in [0.717, 1.165) is 10.5 Å². The SMILES string of the molecule is COc1ccccc1CN1C(=O)C(Nc2cc(C)ccc2OC)=C(c2ccc(F)cc2)C1=O. The van der Waals surface area contributed by atoms with Gasteiger partial charge in [0.25, 0.3) is 11.8 Å². The van der Waals surface area contributed by atoms with Crippen molar-refractivity contribution in [2.24, 2.45) is 0 Å². The first kappa shape index (κ1) is 22.1. The summed E-state index contributed by atoms with van der Waals surface area (Å²) in [7, 11) is 3.06. The quantitative estimate of drug-likeness (QED) is 0.540. The van der Waals surface area contributed by atoms with Crippen molar-refractivity contribution >= 4 is 23.1 Å². The van der Waals surface area contributed by atoms with Crippen LogP contribution in [0.5, 0.6) is 11.5 Å². The number of ether oxygens (including phenoxy) is 2. The molecule has 0 aliphatic carbocycles. The lowest BCUT2D eigenvalue weighted by Crippen LogP contribution is -2.32. The fourth-order valence-corrected chi connectivity index (χ4v) is 3.78. The average molecular weight is 446 g/mol. The summed E-state index contributed by atoms with van der Waals surface area (Å²) in [4.78, 5) is 28.1. The number of carbonyl (C=O) groups excluding carboxylic acids is 2. The van der Waals surface area contributed by atoms with Crippen LogP contribution < -0.4 is 14.8 Å². The number of anilines is 1. The highest BCUT2D eigenvalue weighted by molar-refractivity contribution is 6.36. The van der Waals surface area contributed by atoms with Crippen LogP contribution in [0.3, 0.4) is 0 Å². The van der Waals surface area contributed by atoms with Crippen molar-refractivity contribution in [3.05, 3.63) is 94.9 Å². The number of carbonyl (C=O) groups is 2. The number of imide groups is 1. The Labute approximate surface area is 191 Å². The van der Waals surface area contributed by atoms with E-state index in [1.807, 2.05) is 31.2 Å². The number of para-hydroxylation sites is 1. The molecule has 0 unspecified atom stereocenters. The minimum absolute atomic E-state index is 0.0303. The van der Waals surface area contributed by atoms with Gasteiger partial charge < -0.3 is 14.8 Å². The fraction of sp³-hybridized carbons (Fsp3) is 0.154. The molecule has 0 bridgehead atoms. The molecule has 0 fully saturated rings. The molecule has 0 aromatic heterocycles. The summed E-state index contributed by atoms with van der Waals surface area (Å²) < 4.78 is 24.4. The summed E-state index contributed by atoms with van der Waals surface area (Å²) in [6, 6.07) is 18.2. The number of halogens is 1. The Morgan fingerprint density at radius 3 is 2.27 bits per heavy atom. The van der Waals surface area contributed by atoms with Crippen molar-refractivity contribution in [2.75, 3.05) is 19.5 Å². The molecule has 1 aliphatic rings. The second kappa shape index (κ2) is 9.16. The topological polar surface area (TPSA) is 67.9 Å². The van der Waals surface area contributed by atoms with Gasteiger partial charge in [-0.2, -0.15) is 0 Å². The largest absolute Gasteiger partial charge is 0.496 e. The Morgan fingerprint density at radius 2 is 1.58 bits per heavy atom. The van der Waals surface area contributed by atoms with E-state index < -0.39 is 17.6 Å². The second-order valence-corrected chi connectivity index (χ2v) is 7.59. The van der Waals surface area contributed by atoms with Gasteiger partial charge in [-0.25, -0.2) is 4.39 Å². The van der Waals surface area contributed by atoms with Gasteiger partial charge in [0.05, 0.1) is 32.0 Å². The molecule has 168 valence electrons. The number of amides is 2. The van der Waals surface area contributed by atoms with Gasteiger partial charge in [-0.1, -0.05) is 36.4 Å². The van der Waals surface area contributed by atoms with Crippen LogP contribution in [0.15, 0.2) is 72.4 Å². The number of hydrogen-bond donors (Lipinski definition) is 1. The maximum absolute atomic E-state index is 13.6. The number of nitrogens with one attached hydrogen (secondary N) is 1. The molecule has 0 radical (unpaired) electrons. The summed E-state index contributed by atoms with van der Waals surface area (Å²) in [5, 5.41) is 3.11. The van der Waals surface area contributed by atoms with Gasteiger partial charge in [0.15, 0.2) is 0 Å². The van der Waals surface area contributed by atoms with Crippen LogP contribution in [0.1, 0.15) is 16.7 Å². The number of aryl methyl sites for hydroxylation is 1. The highest BCUT2D eigenvalue weighted by Gasteiger charge is 2.39. The first-order valence-electron chi connectivity index (χ1n) is 10.3. The predicted octanol–water partition coefficient (Wildman–Crippen LogP) is 4.54. The molecule has 1 heterocycles. The predicted molar refractivity (Wildman–Crippen MR) is 123 cm³/mol. The van der Waals surface area contributed by atoms with E-state index in [-0.39, 0.29) is 17.8 Å². The standard InChI is InChI=1S/C26H23FN2O4/c1-16-8-13-22(33-3)20(14-16)28-24-23(17-9-11-19(27)12-10-17)25(30)29(26(24)31)15-18-6-4-5-7-21(18)32-2/h4-14,28H,15H2,1-3H3. The van der Waals surface area contributed by atoms with Crippen molar-refractivity contribution in [2.45, 2.75) is 13.5 Å². The lowest BCUT2D eigenvalue weighted by molar-refractivity contribution is -0.137. The van der Waals surface area contributed by atoms with E-state index in [2.05, 4.69) is 5.32 Å². The van der Waals surface area contributed by atoms with E-state index >= 15 is 0 Å². The highest BCUT2D eigenvalue weighted by atomic mass is 19.1. The number of rotatable bonds is 7. The molecular formula is C26H23FN2O4. The molecule has 0 saturated heterocycles. The Morgan fingerprint density at radius 1 is 0.879 bits per heavy atom. The molecule has 0 atom stereocenters. The van der Waals surface area contributed by atoms with Gasteiger partial charge >= 0.3 is 0 Å². The summed E-state index contributed by atoms with van der Waals surface area (Å²) in [6.45, 7) is 1.94. The Kier molecular flexibility index (Phi) is 6.13. The van der Waals surface area contributed by atoms with Crippen LogP contribution in [0.2, 0.25) is 0 Å². The zero-order valence-corrected chi connectivity index (χ0v) is 18.5. The van der Waals surface area contributed by atoms with Crippen LogP contribution >= 0.6 is 0 Å². The van der Waals surface area contributed by atoms with Crippen LogP contribution in [0.4, 0.5) is 10.1 Å². The van der Waals surface area contributed by atoms with Crippen molar-refractivity contribution in [3.63, 3.8) is 0 Å². The van der Waals surface area contributed by atoms with E-state index in [1.54, 1.807) is 18.2 Å². The first-order chi connectivity index (χ1) is 15.9. The minimum atomic E-state index is -0.492. The Hall–Kier alpha value is -4.13. The lowest BCUT2D eigenvalue weighted by Gasteiger charge is -2.17. The third-order valence-corrected chi connectivity index (χ3v) is 5.44. The Balaban J connectivity index is 1.78. The van der Waals surface area contributed by atoms with Crippen LogP contribution in [-0.4, -0.2) is 30.9 Å². The van der Waals surface area contributed by atoms with Crippen molar-refractivity contribution < 1.29 is 23.5 Å². The average Bonchev–Trinajstić information content (AvgIpc) is 3.04. The highest BCUT2D eigenvalue weighted by Crippen LogP contribution is 2.35. The molecule has 33 heavy (non-hydrogen) atoms. The van der Waals surface area contributed by atoms with Crippen LogP contribution in [0.25, 0.3) is 5.57 Å². The molecule has 1 N–H and O–H groups in total. The minimum Gasteiger partial charge on any atom is -0.496 e. The van der Waals surface area contributed by atoms with Crippen molar-refractivity contribution in [1.82, 2.24) is 4.90 Å².